The van der Waals surface area contributed by atoms with Gasteiger partial charge in [0.25, 0.3) is 0 Å². The van der Waals surface area contributed by atoms with E-state index in [9.17, 15) is 4.39 Å². The summed E-state index contributed by atoms with van der Waals surface area (Å²) in [6.07, 6.45) is 3.88. The maximum atomic E-state index is 13.7. The highest BCUT2D eigenvalue weighted by Crippen LogP contribution is 2.22. The SMILES string of the molecule is CC(NC(=S)Nc1ccccc1F)c1ccc(N2CCCCC2)cc1. The number of benzene rings is 2. The highest BCUT2D eigenvalue weighted by atomic mass is 32.1. The van der Waals surface area contributed by atoms with Crippen LogP contribution in [0.15, 0.2) is 48.5 Å². The molecule has 5 heteroatoms. The third-order valence-corrected chi connectivity index (χ3v) is 4.80. The molecule has 1 aliphatic heterocycles. The van der Waals surface area contributed by atoms with Crippen LogP contribution < -0.4 is 15.5 Å². The summed E-state index contributed by atoms with van der Waals surface area (Å²) in [7, 11) is 0. The molecule has 1 fully saturated rings. The van der Waals surface area contributed by atoms with Crippen LogP contribution in [0.2, 0.25) is 0 Å². The Kier molecular flexibility index (Phi) is 5.87. The molecular formula is C20H24FN3S. The number of hydrogen-bond acceptors (Lipinski definition) is 2. The summed E-state index contributed by atoms with van der Waals surface area (Å²) in [5, 5.41) is 6.54. The van der Waals surface area contributed by atoms with E-state index < -0.39 is 0 Å². The van der Waals surface area contributed by atoms with Crippen LogP contribution in [-0.4, -0.2) is 18.2 Å². The lowest BCUT2D eigenvalue weighted by atomic mass is 10.1. The number of nitrogens with one attached hydrogen (secondary N) is 2. The van der Waals surface area contributed by atoms with Gasteiger partial charge in [0.05, 0.1) is 11.7 Å². The number of anilines is 2. The van der Waals surface area contributed by atoms with Crippen LogP contribution in [0.25, 0.3) is 0 Å². The maximum Gasteiger partial charge on any atom is 0.171 e. The van der Waals surface area contributed by atoms with Gasteiger partial charge < -0.3 is 15.5 Å². The van der Waals surface area contributed by atoms with Gasteiger partial charge in [0.15, 0.2) is 5.11 Å². The fourth-order valence-corrected chi connectivity index (χ4v) is 3.41. The lowest BCUT2D eigenvalue weighted by Crippen LogP contribution is -2.31. The van der Waals surface area contributed by atoms with Crippen molar-refractivity contribution in [2.75, 3.05) is 23.3 Å². The van der Waals surface area contributed by atoms with Crippen molar-refractivity contribution in [1.29, 1.82) is 0 Å². The molecule has 2 aromatic rings. The highest BCUT2D eigenvalue weighted by Gasteiger charge is 2.12. The number of halogens is 1. The number of nitrogens with zero attached hydrogens (tertiary/aromatic N) is 1. The van der Waals surface area contributed by atoms with E-state index >= 15 is 0 Å². The molecular weight excluding hydrogens is 333 g/mol. The van der Waals surface area contributed by atoms with Crippen molar-refractivity contribution < 1.29 is 4.39 Å². The van der Waals surface area contributed by atoms with Crippen LogP contribution >= 0.6 is 12.2 Å². The summed E-state index contributed by atoms with van der Waals surface area (Å²) in [5.74, 6) is -0.315. The van der Waals surface area contributed by atoms with Gasteiger partial charge in [-0.15, -0.1) is 0 Å². The lowest BCUT2D eigenvalue weighted by molar-refractivity contribution is 0.577. The van der Waals surface area contributed by atoms with Gasteiger partial charge in [-0.1, -0.05) is 24.3 Å². The first-order valence-electron chi connectivity index (χ1n) is 8.80. The Hall–Kier alpha value is -2.14. The smallest absolute Gasteiger partial charge is 0.171 e. The van der Waals surface area contributed by atoms with Crippen LogP contribution in [0.4, 0.5) is 15.8 Å². The molecule has 0 saturated carbocycles. The second-order valence-corrected chi connectivity index (χ2v) is 6.85. The Balaban J connectivity index is 1.58. The van der Waals surface area contributed by atoms with Crippen LogP contribution in [0.3, 0.4) is 0 Å². The summed E-state index contributed by atoms with van der Waals surface area (Å²) in [6.45, 7) is 4.33. The molecule has 2 aromatic carbocycles. The quantitative estimate of drug-likeness (QED) is 0.764. The summed E-state index contributed by atoms with van der Waals surface area (Å²) >= 11 is 5.30. The van der Waals surface area contributed by atoms with E-state index in [-0.39, 0.29) is 11.9 Å². The Bertz CT molecular complexity index is 711. The fourth-order valence-electron chi connectivity index (χ4n) is 3.13. The van der Waals surface area contributed by atoms with Gasteiger partial charge in [-0.05, 0) is 68.2 Å². The number of thiocarbonyl (C=S) groups is 1. The molecule has 132 valence electrons. The van der Waals surface area contributed by atoms with Gasteiger partial charge in [-0.3, -0.25) is 0 Å². The average Bonchev–Trinajstić information content (AvgIpc) is 2.64. The van der Waals surface area contributed by atoms with Gasteiger partial charge in [0.2, 0.25) is 0 Å². The number of rotatable bonds is 4. The normalized spacial score (nSPS) is 15.5. The second-order valence-electron chi connectivity index (χ2n) is 6.44. The fraction of sp³-hybridized carbons (Fsp3) is 0.350. The van der Waals surface area contributed by atoms with Crippen molar-refractivity contribution in [3.63, 3.8) is 0 Å². The zero-order valence-electron chi connectivity index (χ0n) is 14.5. The van der Waals surface area contributed by atoms with Crippen LogP contribution in [0.1, 0.15) is 37.8 Å². The summed E-state index contributed by atoms with van der Waals surface area (Å²) in [4.78, 5) is 2.44. The first kappa shape index (κ1) is 17.7. The average molecular weight is 357 g/mol. The third-order valence-electron chi connectivity index (χ3n) is 4.58. The van der Waals surface area contributed by atoms with Gasteiger partial charge in [-0.2, -0.15) is 0 Å². The standard InChI is InChI=1S/C20H24FN3S/c1-15(22-20(25)23-19-8-4-3-7-18(19)21)16-9-11-17(12-10-16)24-13-5-2-6-14-24/h3-4,7-12,15H,2,5-6,13-14H2,1H3,(H2,22,23,25). The zero-order chi connectivity index (χ0) is 17.6. The first-order chi connectivity index (χ1) is 12.1. The van der Waals surface area contributed by atoms with Crippen molar-refractivity contribution in [2.24, 2.45) is 0 Å². The van der Waals surface area contributed by atoms with Crippen molar-refractivity contribution in [2.45, 2.75) is 32.2 Å². The second kappa shape index (κ2) is 8.30. The van der Waals surface area contributed by atoms with Crippen LogP contribution in [-0.2, 0) is 0 Å². The molecule has 0 amide bonds. The van der Waals surface area contributed by atoms with E-state index in [1.54, 1.807) is 18.2 Å². The molecule has 1 saturated heterocycles. The number of para-hydroxylation sites is 1. The molecule has 0 aliphatic carbocycles. The molecule has 3 rings (SSSR count). The van der Waals surface area contributed by atoms with E-state index in [2.05, 4.69) is 39.8 Å². The van der Waals surface area contributed by atoms with Crippen molar-refractivity contribution in [3.05, 3.63) is 59.9 Å². The molecule has 0 aromatic heterocycles. The highest BCUT2D eigenvalue weighted by molar-refractivity contribution is 7.80. The summed E-state index contributed by atoms with van der Waals surface area (Å²) in [6, 6.07) is 15.2. The molecule has 3 nitrogen and oxygen atoms in total. The maximum absolute atomic E-state index is 13.7. The largest absolute Gasteiger partial charge is 0.372 e. The van der Waals surface area contributed by atoms with Crippen LogP contribution in [0.5, 0.6) is 0 Å². The monoisotopic (exact) mass is 357 g/mol. The molecule has 1 heterocycles. The number of hydrogen-bond donors (Lipinski definition) is 2. The van der Waals surface area contributed by atoms with Gasteiger partial charge in [0, 0.05) is 18.8 Å². The van der Waals surface area contributed by atoms with Crippen molar-refractivity contribution >= 4 is 28.7 Å². The molecule has 1 atom stereocenters. The molecule has 25 heavy (non-hydrogen) atoms. The van der Waals surface area contributed by atoms with E-state index in [1.165, 1.54) is 31.0 Å². The summed E-state index contributed by atoms with van der Waals surface area (Å²) in [5.41, 5.74) is 2.81. The molecule has 0 radical (unpaired) electrons. The molecule has 1 aliphatic rings. The van der Waals surface area contributed by atoms with Gasteiger partial charge in [0.1, 0.15) is 5.82 Å². The van der Waals surface area contributed by atoms with E-state index in [4.69, 9.17) is 12.2 Å². The molecule has 0 spiro atoms. The van der Waals surface area contributed by atoms with E-state index in [1.807, 2.05) is 6.92 Å². The van der Waals surface area contributed by atoms with Crippen molar-refractivity contribution in [3.8, 4) is 0 Å². The Labute approximate surface area is 154 Å². The zero-order valence-corrected chi connectivity index (χ0v) is 15.3. The Morgan fingerprint density at radius 2 is 1.72 bits per heavy atom. The first-order valence-corrected chi connectivity index (χ1v) is 9.21. The van der Waals surface area contributed by atoms with Gasteiger partial charge >= 0.3 is 0 Å². The minimum Gasteiger partial charge on any atom is -0.372 e. The Morgan fingerprint density at radius 3 is 2.40 bits per heavy atom. The lowest BCUT2D eigenvalue weighted by Gasteiger charge is -2.29. The predicted octanol–water partition coefficient (Wildman–Crippen LogP) is 4.86. The summed E-state index contributed by atoms with van der Waals surface area (Å²) < 4.78 is 13.7. The van der Waals surface area contributed by atoms with Gasteiger partial charge in [-0.25, -0.2) is 4.39 Å². The molecule has 1 unspecified atom stereocenters. The number of piperidine rings is 1. The minimum absolute atomic E-state index is 0.0437. The van der Waals surface area contributed by atoms with E-state index in [0.29, 0.717) is 10.8 Å². The molecule has 2 N–H and O–H groups in total. The molecule has 0 bridgehead atoms. The topological polar surface area (TPSA) is 27.3 Å². The van der Waals surface area contributed by atoms with Crippen LogP contribution in [0, 0.1) is 5.82 Å². The third kappa shape index (κ3) is 4.69. The van der Waals surface area contributed by atoms with E-state index in [0.717, 1.165) is 18.7 Å². The predicted molar refractivity (Wildman–Crippen MR) is 107 cm³/mol. The Morgan fingerprint density at radius 1 is 1.04 bits per heavy atom. The van der Waals surface area contributed by atoms with Crippen molar-refractivity contribution in [1.82, 2.24) is 5.32 Å². The minimum atomic E-state index is -0.315.